The van der Waals surface area contributed by atoms with Crippen LogP contribution in [0.2, 0.25) is 0 Å². The van der Waals surface area contributed by atoms with E-state index in [9.17, 15) is 18.0 Å². The molecule has 0 saturated carbocycles. The minimum absolute atomic E-state index is 0.00668. The van der Waals surface area contributed by atoms with Crippen molar-refractivity contribution in [1.82, 2.24) is 10.2 Å². The Kier molecular flexibility index (Phi) is 4.37. The largest absolute Gasteiger partial charge is 0.459 e. The van der Waals surface area contributed by atoms with E-state index in [4.69, 9.17) is 4.42 Å². The van der Waals surface area contributed by atoms with Gasteiger partial charge in [0, 0.05) is 11.6 Å². The molecule has 4 nitrogen and oxygen atoms in total. The Labute approximate surface area is 114 Å². The predicted octanol–water partition coefficient (Wildman–Crippen LogP) is 2.34. The van der Waals surface area contributed by atoms with Crippen molar-refractivity contribution in [1.29, 1.82) is 0 Å². The number of nitrogens with one attached hydrogen (secondary N) is 1. The molecular formula is C13H17F3N2O2. The van der Waals surface area contributed by atoms with Crippen LogP contribution in [-0.2, 0) is 0 Å². The number of halogens is 3. The molecule has 1 aromatic rings. The Morgan fingerprint density at radius 1 is 1.45 bits per heavy atom. The highest BCUT2D eigenvalue weighted by Gasteiger charge is 2.38. The van der Waals surface area contributed by atoms with Gasteiger partial charge in [0.25, 0.3) is 5.91 Å². The van der Waals surface area contributed by atoms with Crippen LogP contribution >= 0.6 is 0 Å². The lowest BCUT2D eigenvalue weighted by Gasteiger charge is -2.34. The van der Waals surface area contributed by atoms with Crippen molar-refractivity contribution in [2.24, 2.45) is 0 Å². The molecule has 0 aliphatic carbocycles. The van der Waals surface area contributed by atoms with E-state index in [1.54, 1.807) is 13.0 Å². The van der Waals surface area contributed by atoms with Gasteiger partial charge in [-0.3, -0.25) is 4.79 Å². The topological polar surface area (TPSA) is 45.5 Å². The monoisotopic (exact) mass is 290 g/mol. The number of amides is 1. The van der Waals surface area contributed by atoms with E-state index in [1.807, 2.05) is 0 Å². The maximum Gasteiger partial charge on any atom is 0.406 e. The standard InChI is InChI=1S/C13H17F3N2O2/c1-9-4-7-20-11(9)12(19)18(8-13(14,15)16)10-2-5-17-6-3-10/h4,7,10,17H,2-3,5-6,8H2,1H3. The molecule has 0 atom stereocenters. The third-order valence-corrected chi connectivity index (χ3v) is 3.42. The van der Waals surface area contributed by atoms with E-state index in [0.717, 1.165) is 4.90 Å². The first-order chi connectivity index (χ1) is 9.38. The molecular weight excluding hydrogens is 273 g/mol. The van der Waals surface area contributed by atoms with E-state index < -0.39 is 24.7 Å². The van der Waals surface area contributed by atoms with Crippen LogP contribution in [0.5, 0.6) is 0 Å². The Bertz CT molecular complexity index is 464. The molecule has 2 rings (SSSR count). The van der Waals surface area contributed by atoms with Gasteiger partial charge in [0.15, 0.2) is 5.76 Å². The van der Waals surface area contributed by atoms with Crippen molar-refractivity contribution in [2.45, 2.75) is 32.0 Å². The number of rotatable bonds is 3. The third-order valence-electron chi connectivity index (χ3n) is 3.42. The first-order valence-corrected chi connectivity index (χ1v) is 6.51. The van der Waals surface area contributed by atoms with E-state index in [-0.39, 0.29) is 5.76 Å². The van der Waals surface area contributed by atoms with Gasteiger partial charge in [-0.1, -0.05) is 0 Å². The second-order valence-corrected chi connectivity index (χ2v) is 4.96. The lowest BCUT2D eigenvalue weighted by Crippen LogP contribution is -2.49. The number of aryl methyl sites for hydroxylation is 1. The van der Waals surface area contributed by atoms with Gasteiger partial charge in [-0.15, -0.1) is 0 Å². The number of hydrogen-bond acceptors (Lipinski definition) is 3. The smallest absolute Gasteiger partial charge is 0.406 e. The van der Waals surface area contributed by atoms with Gasteiger partial charge in [-0.25, -0.2) is 0 Å². The normalized spacial score (nSPS) is 17.2. The first-order valence-electron chi connectivity index (χ1n) is 6.51. The molecule has 1 aliphatic heterocycles. The second-order valence-electron chi connectivity index (χ2n) is 4.96. The van der Waals surface area contributed by atoms with Gasteiger partial charge in [0.1, 0.15) is 6.54 Å². The van der Waals surface area contributed by atoms with Crippen LogP contribution in [0.3, 0.4) is 0 Å². The van der Waals surface area contributed by atoms with Crippen LogP contribution in [-0.4, -0.2) is 42.7 Å². The van der Waals surface area contributed by atoms with Crippen molar-refractivity contribution >= 4 is 5.91 Å². The number of alkyl halides is 3. The predicted molar refractivity (Wildman–Crippen MR) is 66.4 cm³/mol. The van der Waals surface area contributed by atoms with E-state index in [1.165, 1.54) is 6.26 Å². The van der Waals surface area contributed by atoms with Gasteiger partial charge in [-0.2, -0.15) is 13.2 Å². The Hall–Kier alpha value is -1.50. The molecule has 0 radical (unpaired) electrons. The van der Waals surface area contributed by atoms with Gasteiger partial charge in [0.2, 0.25) is 0 Å². The van der Waals surface area contributed by atoms with Crippen molar-refractivity contribution in [2.75, 3.05) is 19.6 Å². The fourth-order valence-corrected chi connectivity index (χ4v) is 2.40. The fraction of sp³-hybridized carbons (Fsp3) is 0.615. The Balaban J connectivity index is 2.21. The summed E-state index contributed by atoms with van der Waals surface area (Å²) in [5, 5.41) is 3.07. The molecule has 0 unspecified atom stereocenters. The quantitative estimate of drug-likeness (QED) is 0.929. The molecule has 20 heavy (non-hydrogen) atoms. The highest BCUT2D eigenvalue weighted by Crippen LogP contribution is 2.24. The molecule has 1 N–H and O–H groups in total. The molecule has 0 aromatic carbocycles. The summed E-state index contributed by atoms with van der Waals surface area (Å²) < 4.78 is 43.2. The number of piperidine rings is 1. The summed E-state index contributed by atoms with van der Waals surface area (Å²) in [6.45, 7) is 1.63. The summed E-state index contributed by atoms with van der Waals surface area (Å²) >= 11 is 0. The summed E-state index contributed by atoms with van der Waals surface area (Å²) in [5.41, 5.74) is 0.552. The average molecular weight is 290 g/mol. The molecule has 0 spiro atoms. The van der Waals surface area contributed by atoms with Crippen LogP contribution in [0.25, 0.3) is 0 Å². The van der Waals surface area contributed by atoms with Crippen molar-refractivity contribution < 1.29 is 22.4 Å². The van der Waals surface area contributed by atoms with Crippen molar-refractivity contribution in [3.05, 3.63) is 23.7 Å². The first kappa shape index (κ1) is 14.9. The van der Waals surface area contributed by atoms with Gasteiger partial charge >= 0.3 is 6.18 Å². The number of nitrogens with zero attached hydrogens (tertiary/aromatic N) is 1. The van der Waals surface area contributed by atoms with E-state index in [2.05, 4.69) is 5.32 Å². The minimum Gasteiger partial charge on any atom is -0.459 e. The zero-order chi connectivity index (χ0) is 14.8. The molecule has 2 heterocycles. The number of carbonyl (C=O) groups is 1. The number of furan rings is 1. The van der Waals surface area contributed by atoms with E-state index >= 15 is 0 Å². The second kappa shape index (κ2) is 5.87. The lowest BCUT2D eigenvalue weighted by molar-refractivity contribution is -0.145. The molecule has 7 heteroatoms. The molecule has 112 valence electrons. The number of hydrogen-bond donors (Lipinski definition) is 1. The van der Waals surface area contributed by atoms with E-state index in [0.29, 0.717) is 31.5 Å². The maximum atomic E-state index is 12.7. The van der Waals surface area contributed by atoms with Gasteiger partial charge in [0.05, 0.1) is 6.26 Å². The SMILES string of the molecule is Cc1ccoc1C(=O)N(CC(F)(F)F)C1CCNCC1. The minimum atomic E-state index is -4.42. The summed E-state index contributed by atoms with van der Waals surface area (Å²) in [6.07, 6.45) is -2.07. The molecule has 1 fully saturated rings. The molecule has 1 saturated heterocycles. The van der Waals surface area contributed by atoms with Crippen molar-refractivity contribution in [3.8, 4) is 0 Å². The Morgan fingerprint density at radius 3 is 2.60 bits per heavy atom. The van der Waals surface area contributed by atoms with Gasteiger partial charge < -0.3 is 14.6 Å². The molecule has 1 aliphatic rings. The average Bonchev–Trinajstić information content (AvgIpc) is 2.81. The van der Waals surface area contributed by atoms with Crippen LogP contribution in [0.4, 0.5) is 13.2 Å². The highest BCUT2D eigenvalue weighted by molar-refractivity contribution is 5.93. The van der Waals surface area contributed by atoms with Crippen LogP contribution < -0.4 is 5.32 Å². The highest BCUT2D eigenvalue weighted by atomic mass is 19.4. The van der Waals surface area contributed by atoms with Crippen LogP contribution in [0, 0.1) is 6.92 Å². The van der Waals surface area contributed by atoms with Crippen LogP contribution in [0.15, 0.2) is 16.7 Å². The molecule has 0 bridgehead atoms. The summed E-state index contributed by atoms with van der Waals surface area (Å²) in [6, 6.07) is 1.16. The lowest BCUT2D eigenvalue weighted by atomic mass is 10.0. The van der Waals surface area contributed by atoms with Crippen LogP contribution in [0.1, 0.15) is 29.0 Å². The third kappa shape index (κ3) is 3.53. The number of carbonyl (C=O) groups excluding carboxylic acids is 1. The summed E-state index contributed by atoms with van der Waals surface area (Å²) in [4.78, 5) is 13.2. The zero-order valence-corrected chi connectivity index (χ0v) is 11.2. The van der Waals surface area contributed by atoms with Gasteiger partial charge in [-0.05, 0) is 38.9 Å². The molecule has 1 aromatic heterocycles. The van der Waals surface area contributed by atoms with Crippen molar-refractivity contribution in [3.63, 3.8) is 0 Å². The molecule has 1 amide bonds. The summed E-state index contributed by atoms with van der Waals surface area (Å²) in [5.74, 6) is -0.690. The maximum absolute atomic E-state index is 12.7. The fourth-order valence-electron chi connectivity index (χ4n) is 2.40. The zero-order valence-electron chi connectivity index (χ0n) is 11.2. The Morgan fingerprint density at radius 2 is 2.10 bits per heavy atom. The summed E-state index contributed by atoms with van der Waals surface area (Å²) in [7, 11) is 0.